The van der Waals surface area contributed by atoms with Gasteiger partial charge in [0.1, 0.15) is 11.9 Å². The van der Waals surface area contributed by atoms with Gasteiger partial charge in [0.2, 0.25) is 5.91 Å². The fourth-order valence-electron chi connectivity index (χ4n) is 5.09. The molecule has 3 aromatic rings. The second-order valence-corrected chi connectivity index (χ2v) is 10.2. The quantitative estimate of drug-likeness (QED) is 0.335. The van der Waals surface area contributed by atoms with Crippen LogP contribution in [0.1, 0.15) is 47.1 Å². The number of fused-ring (bicyclic) bond motifs is 1. The van der Waals surface area contributed by atoms with Crippen molar-refractivity contribution >= 4 is 11.6 Å². The van der Waals surface area contributed by atoms with Gasteiger partial charge in [0.05, 0.1) is 12.5 Å². The average Bonchev–Trinajstić information content (AvgIpc) is 3.05. The van der Waals surface area contributed by atoms with Crippen LogP contribution < -0.4 is 9.64 Å². The Balaban J connectivity index is 1.78. The van der Waals surface area contributed by atoms with Gasteiger partial charge in [-0.25, -0.2) is 0 Å². The fourth-order valence-corrected chi connectivity index (χ4v) is 5.09. The molecule has 214 valence electrons. The van der Waals surface area contributed by atoms with Crippen LogP contribution in [0.3, 0.4) is 0 Å². The first-order valence-corrected chi connectivity index (χ1v) is 12.7. The lowest BCUT2D eigenvalue weighted by Crippen LogP contribution is -2.54. The number of nitrogens with zero attached hydrogens (tertiary/aromatic N) is 1. The highest BCUT2D eigenvalue weighted by Gasteiger charge is 2.71. The molecule has 0 bridgehead atoms. The van der Waals surface area contributed by atoms with E-state index in [1.165, 1.54) is 4.90 Å². The molecule has 1 amide bonds. The molecule has 2 atom stereocenters. The lowest BCUT2D eigenvalue weighted by atomic mass is 9.89. The highest BCUT2D eigenvalue weighted by molar-refractivity contribution is 5.98. The number of benzene rings is 3. The van der Waals surface area contributed by atoms with E-state index in [4.69, 9.17) is 4.74 Å². The van der Waals surface area contributed by atoms with Crippen molar-refractivity contribution < 1.29 is 41.0 Å². The number of alkyl halides is 6. The summed E-state index contributed by atoms with van der Waals surface area (Å²) in [5, 5.41) is 9.98. The highest BCUT2D eigenvalue weighted by Crippen LogP contribution is 2.51. The van der Waals surface area contributed by atoms with E-state index in [1.807, 2.05) is 32.0 Å². The van der Waals surface area contributed by atoms with Crippen LogP contribution in [0.5, 0.6) is 5.75 Å². The summed E-state index contributed by atoms with van der Waals surface area (Å²) < 4.78 is 87.9. The molecule has 1 N–H and O–H groups in total. The topological polar surface area (TPSA) is 49.8 Å². The third kappa shape index (κ3) is 5.68. The normalized spacial score (nSPS) is 17.1. The molecule has 1 aliphatic rings. The number of aryl methyl sites for hydroxylation is 3. The Morgan fingerprint density at radius 2 is 1.52 bits per heavy atom. The first-order valence-electron chi connectivity index (χ1n) is 12.7. The Bertz CT molecular complexity index is 1340. The highest BCUT2D eigenvalue weighted by atomic mass is 19.4. The lowest BCUT2D eigenvalue weighted by molar-refractivity contribution is -0.376. The van der Waals surface area contributed by atoms with Gasteiger partial charge in [0, 0.05) is 11.3 Å². The molecule has 1 heterocycles. The second-order valence-electron chi connectivity index (χ2n) is 10.2. The van der Waals surface area contributed by atoms with Crippen LogP contribution in [0.4, 0.5) is 32.0 Å². The second kappa shape index (κ2) is 10.8. The van der Waals surface area contributed by atoms with Crippen LogP contribution in [0.25, 0.3) is 0 Å². The van der Waals surface area contributed by atoms with Gasteiger partial charge < -0.3 is 14.7 Å². The van der Waals surface area contributed by atoms with Gasteiger partial charge in [-0.3, -0.25) is 4.79 Å². The molecule has 0 fully saturated rings. The molecule has 1 aliphatic heterocycles. The molecule has 4 rings (SSSR count). The van der Waals surface area contributed by atoms with Gasteiger partial charge in [-0.1, -0.05) is 48.5 Å². The molecular formula is C30H29F6NO3. The van der Waals surface area contributed by atoms with Gasteiger partial charge in [-0.15, -0.1) is 0 Å². The van der Waals surface area contributed by atoms with E-state index in [0.29, 0.717) is 23.4 Å². The number of amides is 1. The maximum atomic E-state index is 13.8. The van der Waals surface area contributed by atoms with E-state index in [9.17, 15) is 36.2 Å². The minimum Gasteiger partial charge on any atom is -0.489 e. The van der Waals surface area contributed by atoms with Crippen molar-refractivity contribution in [2.75, 3.05) is 11.4 Å². The Morgan fingerprint density at radius 3 is 2.10 bits per heavy atom. The molecule has 0 radical (unpaired) electrons. The SMILES string of the molecule is Cc1cc(C)cc(O[C@H]2CCc3cc(C(O)(C(F)(F)F)C(F)(F)F)ccc3N(C(=O)[C@@H](C)c3ccccc3)C2)c1. The zero-order chi connectivity index (χ0) is 29.5. The van der Waals surface area contributed by atoms with Gasteiger partial charge in [-0.2, -0.15) is 26.3 Å². The van der Waals surface area contributed by atoms with E-state index in [1.54, 1.807) is 37.3 Å². The van der Waals surface area contributed by atoms with Crippen molar-refractivity contribution in [3.05, 3.63) is 94.5 Å². The van der Waals surface area contributed by atoms with Gasteiger partial charge in [0.15, 0.2) is 0 Å². The summed E-state index contributed by atoms with van der Waals surface area (Å²) in [5.41, 5.74) is -3.59. The molecule has 0 unspecified atom stereocenters. The summed E-state index contributed by atoms with van der Waals surface area (Å²) in [6, 6.07) is 16.8. The van der Waals surface area contributed by atoms with Crippen molar-refractivity contribution in [3.8, 4) is 5.75 Å². The third-order valence-electron chi connectivity index (χ3n) is 7.16. The maximum Gasteiger partial charge on any atom is 0.430 e. The van der Waals surface area contributed by atoms with Gasteiger partial charge in [-0.05, 0) is 74.1 Å². The molecule has 0 saturated carbocycles. The van der Waals surface area contributed by atoms with E-state index in [-0.39, 0.29) is 30.6 Å². The van der Waals surface area contributed by atoms with Crippen molar-refractivity contribution in [1.82, 2.24) is 0 Å². The van der Waals surface area contributed by atoms with Crippen LogP contribution in [0, 0.1) is 13.8 Å². The molecular weight excluding hydrogens is 536 g/mol. The summed E-state index contributed by atoms with van der Waals surface area (Å²) in [7, 11) is 0. The van der Waals surface area contributed by atoms with Crippen molar-refractivity contribution in [3.63, 3.8) is 0 Å². The van der Waals surface area contributed by atoms with Crippen molar-refractivity contribution in [2.45, 2.75) is 63.6 Å². The number of rotatable bonds is 5. The number of carbonyl (C=O) groups excluding carboxylic acids is 1. The molecule has 10 heteroatoms. The number of halogens is 6. The predicted octanol–water partition coefficient (Wildman–Crippen LogP) is 7.15. The summed E-state index contributed by atoms with van der Waals surface area (Å²) in [5.74, 6) is -0.504. The number of aliphatic hydroxyl groups is 1. The maximum absolute atomic E-state index is 13.8. The summed E-state index contributed by atoms with van der Waals surface area (Å²) in [6.07, 6.45) is -12.4. The summed E-state index contributed by atoms with van der Waals surface area (Å²) in [6.45, 7) is 5.49. The number of ether oxygens (including phenoxy) is 1. The zero-order valence-electron chi connectivity index (χ0n) is 22.1. The first kappa shape index (κ1) is 29.5. The van der Waals surface area contributed by atoms with Crippen LogP contribution in [0.2, 0.25) is 0 Å². The minimum absolute atomic E-state index is 0.0218. The molecule has 40 heavy (non-hydrogen) atoms. The molecule has 3 aromatic carbocycles. The number of hydrogen-bond acceptors (Lipinski definition) is 3. The van der Waals surface area contributed by atoms with Gasteiger partial charge >= 0.3 is 12.4 Å². The number of anilines is 1. The van der Waals surface area contributed by atoms with E-state index >= 15 is 0 Å². The molecule has 0 aromatic heterocycles. The first-order chi connectivity index (χ1) is 18.6. The summed E-state index contributed by atoms with van der Waals surface area (Å²) >= 11 is 0. The van der Waals surface area contributed by atoms with Gasteiger partial charge in [0.25, 0.3) is 5.60 Å². The average molecular weight is 566 g/mol. The van der Waals surface area contributed by atoms with E-state index < -0.39 is 41.4 Å². The minimum atomic E-state index is -6.02. The van der Waals surface area contributed by atoms with Crippen molar-refractivity contribution in [1.29, 1.82) is 0 Å². The lowest BCUT2D eigenvalue weighted by Gasteiger charge is -2.34. The Kier molecular flexibility index (Phi) is 7.95. The van der Waals surface area contributed by atoms with Crippen LogP contribution >= 0.6 is 0 Å². The smallest absolute Gasteiger partial charge is 0.430 e. The number of carbonyl (C=O) groups is 1. The molecule has 0 spiro atoms. The van der Waals surface area contributed by atoms with Crippen LogP contribution in [-0.2, 0) is 16.8 Å². The Hall–Kier alpha value is -3.53. The van der Waals surface area contributed by atoms with E-state index in [2.05, 4.69) is 0 Å². The Morgan fingerprint density at radius 1 is 0.925 bits per heavy atom. The summed E-state index contributed by atoms with van der Waals surface area (Å²) in [4.78, 5) is 15.1. The standard InChI is InChI=1S/C30H29F6NO3/c1-18-13-19(2)15-25(14-18)40-24-11-9-22-16-23(28(39,29(31,32)33)30(34,35)36)10-12-26(22)37(17-24)27(38)20(3)21-7-5-4-6-8-21/h4-8,10,12-16,20,24,39H,9,11,17H2,1-3H3/t20-,24-/m0/s1. The molecule has 4 nitrogen and oxygen atoms in total. The van der Waals surface area contributed by atoms with Crippen LogP contribution in [0.15, 0.2) is 66.7 Å². The molecule has 0 saturated heterocycles. The van der Waals surface area contributed by atoms with E-state index in [0.717, 1.165) is 17.2 Å². The number of hydrogen-bond donors (Lipinski definition) is 1. The van der Waals surface area contributed by atoms with Crippen LogP contribution in [-0.4, -0.2) is 36.0 Å². The monoisotopic (exact) mass is 565 g/mol. The predicted molar refractivity (Wildman–Crippen MR) is 138 cm³/mol. The third-order valence-corrected chi connectivity index (χ3v) is 7.16. The molecule has 0 aliphatic carbocycles. The van der Waals surface area contributed by atoms with Crippen molar-refractivity contribution in [2.24, 2.45) is 0 Å². The Labute approximate surface area is 228 Å². The largest absolute Gasteiger partial charge is 0.489 e. The fraction of sp³-hybridized carbons (Fsp3) is 0.367. The zero-order valence-corrected chi connectivity index (χ0v) is 22.1.